The van der Waals surface area contributed by atoms with E-state index in [0.717, 1.165) is 11.2 Å². The number of hydrogen-bond acceptors (Lipinski definition) is 2. The molecule has 0 spiro atoms. The first-order valence-corrected chi connectivity index (χ1v) is 7.79. The third kappa shape index (κ3) is 2.24. The van der Waals surface area contributed by atoms with Gasteiger partial charge in [0, 0.05) is 5.39 Å². The normalized spacial score (nSPS) is 10.9. The smallest absolute Gasteiger partial charge is 0.0815 e. The Labute approximate surface area is 127 Å². The maximum absolute atomic E-state index is 4.81. The number of pyridine rings is 1. The van der Waals surface area contributed by atoms with Gasteiger partial charge in [0.15, 0.2) is 0 Å². The minimum Gasteiger partial charge on any atom is -0.247 e. The van der Waals surface area contributed by atoms with Gasteiger partial charge in [0.2, 0.25) is 0 Å². The van der Waals surface area contributed by atoms with Crippen LogP contribution >= 0.6 is 11.3 Å². The Bertz CT molecular complexity index is 880. The Morgan fingerprint density at radius 2 is 1.57 bits per heavy atom. The predicted octanol–water partition coefficient (Wildman–Crippen LogP) is 5.63. The lowest BCUT2D eigenvalue weighted by Gasteiger charge is -2.09. The fraction of sp³-hybridized carbons (Fsp3) is 0. The van der Waals surface area contributed by atoms with Crippen molar-refractivity contribution in [3.63, 3.8) is 0 Å². The molecule has 2 aromatic carbocycles. The van der Waals surface area contributed by atoms with E-state index in [9.17, 15) is 0 Å². The molecule has 0 radical (unpaired) electrons. The van der Waals surface area contributed by atoms with Crippen LogP contribution in [0.1, 0.15) is 0 Å². The molecule has 4 aromatic rings. The van der Waals surface area contributed by atoms with Crippen molar-refractivity contribution in [2.45, 2.75) is 0 Å². The quantitative estimate of drug-likeness (QED) is 0.465. The van der Waals surface area contributed by atoms with Crippen LogP contribution in [0.2, 0.25) is 0 Å². The standard InChI is InChI=1S/C19H13NS/c1-2-7-14(8-3-1)16-13-18(19-11-6-12-21-19)20-17-10-5-4-9-15(16)17/h1-13H. The number of thiophene rings is 1. The number of aromatic nitrogens is 1. The van der Waals surface area contributed by atoms with Crippen LogP contribution in [0, 0.1) is 0 Å². The van der Waals surface area contributed by atoms with Crippen molar-refractivity contribution in [3.05, 3.63) is 78.2 Å². The lowest BCUT2D eigenvalue weighted by atomic mass is 10.00. The molecule has 2 aromatic heterocycles. The predicted molar refractivity (Wildman–Crippen MR) is 90.5 cm³/mol. The van der Waals surface area contributed by atoms with Crippen molar-refractivity contribution in [1.82, 2.24) is 4.98 Å². The van der Waals surface area contributed by atoms with Gasteiger partial charge in [-0.05, 0) is 34.7 Å². The molecule has 0 N–H and O–H groups in total. The van der Waals surface area contributed by atoms with E-state index in [-0.39, 0.29) is 0 Å². The van der Waals surface area contributed by atoms with E-state index >= 15 is 0 Å². The summed E-state index contributed by atoms with van der Waals surface area (Å²) in [4.78, 5) is 6.02. The third-order valence-electron chi connectivity index (χ3n) is 3.57. The molecule has 100 valence electrons. The van der Waals surface area contributed by atoms with E-state index in [0.29, 0.717) is 0 Å². The summed E-state index contributed by atoms with van der Waals surface area (Å²) >= 11 is 1.73. The molecular formula is C19H13NS. The van der Waals surface area contributed by atoms with Crippen LogP contribution in [0.4, 0.5) is 0 Å². The van der Waals surface area contributed by atoms with E-state index in [4.69, 9.17) is 4.98 Å². The molecule has 2 heterocycles. The molecule has 0 amide bonds. The van der Waals surface area contributed by atoms with Crippen LogP contribution in [0.3, 0.4) is 0 Å². The zero-order valence-electron chi connectivity index (χ0n) is 11.4. The number of nitrogens with zero attached hydrogens (tertiary/aromatic N) is 1. The Morgan fingerprint density at radius 1 is 0.762 bits per heavy atom. The number of hydrogen-bond donors (Lipinski definition) is 0. The van der Waals surface area contributed by atoms with Gasteiger partial charge in [0.25, 0.3) is 0 Å². The zero-order valence-corrected chi connectivity index (χ0v) is 12.2. The second kappa shape index (κ2) is 5.15. The van der Waals surface area contributed by atoms with E-state index in [1.807, 2.05) is 12.1 Å². The van der Waals surface area contributed by atoms with Crippen molar-refractivity contribution in [2.24, 2.45) is 0 Å². The summed E-state index contributed by atoms with van der Waals surface area (Å²) in [5.74, 6) is 0. The van der Waals surface area contributed by atoms with E-state index < -0.39 is 0 Å². The summed E-state index contributed by atoms with van der Waals surface area (Å²) in [6.07, 6.45) is 0. The number of para-hydroxylation sites is 1. The van der Waals surface area contributed by atoms with Gasteiger partial charge in [-0.2, -0.15) is 0 Å². The zero-order chi connectivity index (χ0) is 14.1. The van der Waals surface area contributed by atoms with Gasteiger partial charge in [-0.25, -0.2) is 4.98 Å². The first-order valence-electron chi connectivity index (χ1n) is 6.91. The van der Waals surface area contributed by atoms with Crippen LogP contribution in [0.25, 0.3) is 32.6 Å². The molecule has 0 saturated heterocycles. The first kappa shape index (κ1) is 12.3. The van der Waals surface area contributed by atoms with Gasteiger partial charge in [-0.1, -0.05) is 54.6 Å². The molecule has 2 heteroatoms. The highest BCUT2D eigenvalue weighted by molar-refractivity contribution is 7.13. The summed E-state index contributed by atoms with van der Waals surface area (Å²) < 4.78 is 0. The van der Waals surface area contributed by atoms with Crippen LogP contribution in [-0.2, 0) is 0 Å². The van der Waals surface area contributed by atoms with Gasteiger partial charge < -0.3 is 0 Å². The van der Waals surface area contributed by atoms with Crippen LogP contribution < -0.4 is 0 Å². The maximum Gasteiger partial charge on any atom is 0.0815 e. The molecule has 0 bridgehead atoms. The largest absolute Gasteiger partial charge is 0.247 e. The molecule has 0 fully saturated rings. The molecule has 0 aliphatic rings. The Balaban J connectivity index is 2.04. The highest BCUT2D eigenvalue weighted by Gasteiger charge is 2.09. The van der Waals surface area contributed by atoms with Crippen LogP contribution in [0.15, 0.2) is 78.2 Å². The number of fused-ring (bicyclic) bond motifs is 1. The second-order valence-electron chi connectivity index (χ2n) is 4.92. The van der Waals surface area contributed by atoms with Crippen molar-refractivity contribution in [1.29, 1.82) is 0 Å². The average molecular weight is 287 g/mol. The summed E-state index contributed by atoms with van der Waals surface area (Å²) in [7, 11) is 0. The molecule has 0 saturated carbocycles. The second-order valence-corrected chi connectivity index (χ2v) is 5.86. The summed E-state index contributed by atoms with van der Waals surface area (Å²) in [5.41, 5.74) is 4.56. The van der Waals surface area contributed by atoms with Gasteiger partial charge in [-0.15, -0.1) is 11.3 Å². The summed E-state index contributed by atoms with van der Waals surface area (Å²) in [6, 6.07) is 25.2. The van der Waals surface area contributed by atoms with Crippen LogP contribution in [-0.4, -0.2) is 4.98 Å². The molecule has 0 unspecified atom stereocenters. The fourth-order valence-electron chi connectivity index (χ4n) is 2.58. The summed E-state index contributed by atoms with van der Waals surface area (Å²) in [5, 5.41) is 3.29. The van der Waals surface area contributed by atoms with Crippen molar-refractivity contribution in [3.8, 4) is 21.7 Å². The highest BCUT2D eigenvalue weighted by Crippen LogP contribution is 2.33. The van der Waals surface area contributed by atoms with Crippen molar-refractivity contribution >= 4 is 22.2 Å². The Kier molecular flexibility index (Phi) is 3.02. The van der Waals surface area contributed by atoms with Gasteiger partial charge in [0.1, 0.15) is 0 Å². The molecule has 0 aliphatic heterocycles. The SMILES string of the molecule is c1ccc(-c2cc(-c3cccs3)nc3ccccc23)cc1. The molecule has 1 nitrogen and oxygen atoms in total. The lowest BCUT2D eigenvalue weighted by molar-refractivity contribution is 1.42. The van der Waals surface area contributed by atoms with E-state index in [2.05, 4.69) is 66.0 Å². The minimum atomic E-state index is 1.04. The molecular weight excluding hydrogens is 274 g/mol. The molecule has 0 atom stereocenters. The summed E-state index contributed by atoms with van der Waals surface area (Å²) in [6.45, 7) is 0. The first-order chi connectivity index (χ1) is 10.4. The van der Waals surface area contributed by atoms with E-state index in [1.165, 1.54) is 21.4 Å². The lowest BCUT2D eigenvalue weighted by Crippen LogP contribution is -1.88. The number of benzene rings is 2. The molecule has 0 aliphatic carbocycles. The fourth-order valence-corrected chi connectivity index (χ4v) is 3.27. The number of rotatable bonds is 2. The maximum atomic E-state index is 4.81. The third-order valence-corrected chi connectivity index (χ3v) is 4.47. The van der Waals surface area contributed by atoms with Gasteiger partial charge in [-0.3, -0.25) is 0 Å². The monoisotopic (exact) mass is 287 g/mol. The van der Waals surface area contributed by atoms with Gasteiger partial charge >= 0.3 is 0 Å². The molecule has 21 heavy (non-hydrogen) atoms. The highest BCUT2D eigenvalue weighted by atomic mass is 32.1. The minimum absolute atomic E-state index is 1.04. The Morgan fingerprint density at radius 3 is 2.38 bits per heavy atom. The Hall–Kier alpha value is -2.45. The van der Waals surface area contributed by atoms with Crippen LogP contribution in [0.5, 0.6) is 0 Å². The van der Waals surface area contributed by atoms with Crippen molar-refractivity contribution < 1.29 is 0 Å². The topological polar surface area (TPSA) is 12.9 Å². The molecule has 4 rings (SSSR count). The van der Waals surface area contributed by atoms with Crippen molar-refractivity contribution in [2.75, 3.05) is 0 Å². The van der Waals surface area contributed by atoms with Gasteiger partial charge in [0.05, 0.1) is 16.1 Å². The van der Waals surface area contributed by atoms with E-state index in [1.54, 1.807) is 11.3 Å². The average Bonchev–Trinajstić information content (AvgIpc) is 3.09.